The largest absolute Gasteiger partial charge is 0.102 e. The first-order valence-corrected chi connectivity index (χ1v) is 3.93. The van der Waals surface area contributed by atoms with E-state index in [4.69, 9.17) is 0 Å². The lowest BCUT2D eigenvalue weighted by molar-refractivity contribution is 0.800. The molecule has 0 saturated heterocycles. The van der Waals surface area contributed by atoms with E-state index < -0.39 is 0 Å². The van der Waals surface area contributed by atoms with E-state index in [1.54, 1.807) is 0 Å². The maximum Gasteiger partial charge on any atom is -0.00225 e. The molecule has 0 rings (SSSR count). The summed E-state index contributed by atoms with van der Waals surface area (Å²) in [6.45, 7) is 6.14. The molecule has 0 N–H and O–H groups in total. The summed E-state index contributed by atoms with van der Waals surface area (Å²) in [5.74, 6) is 5.99. The molecule has 0 heterocycles. The second-order valence-electron chi connectivity index (χ2n) is 2.29. The van der Waals surface area contributed by atoms with Crippen LogP contribution in [0, 0.1) is 11.8 Å². The molecule has 0 bridgehead atoms. The van der Waals surface area contributed by atoms with Crippen LogP contribution in [0.25, 0.3) is 0 Å². The summed E-state index contributed by atoms with van der Waals surface area (Å²) in [4.78, 5) is 0. The molecule has 10 heavy (non-hydrogen) atoms. The molecule has 0 saturated carbocycles. The molecule has 0 amide bonds. The van der Waals surface area contributed by atoms with Gasteiger partial charge in [-0.1, -0.05) is 25.3 Å². The SMILES string of the molecule is CC#C/C(=C/C)CCCC. The third kappa shape index (κ3) is 4.21. The van der Waals surface area contributed by atoms with Crippen LogP contribution in [0.3, 0.4) is 0 Å². The van der Waals surface area contributed by atoms with E-state index in [1.165, 1.54) is 18.4 Å². The standard InChI is InChI=1S/C10H16/c1-4-7-9-10(6-3)8-5-2/h6H,4,7,9H2,1-3H3/b10-6-. The quantitative estimate of drug-likeness (QED) is 0.523. The van der Waals surface area contributed by atoms with Gasteiger partial charge in [0, 0.05) is 0 Å². The van der Waals surface area contributed by atoms with Gasteiger partial charge in [-0.25, -0.2) is 0 Å². The Morgan fingerprint density at radius 3 is 2.60 bits per heavy atom. The van der Waals surface area contributed by atoms with Crippen molar-refractivity contribution in [2.45, 2.75) is 40.0 Å². The second kappa shape index (κ2) is 6.42. The van der Waals surface area contributed by atoms with Crippen molar-refractivity contribution in [2.75, 3.05) is 0 Å². The zero-order valence-electron chi connectivity index (χ0n) is 7.20. The molecular formula is C10H16. The number of unbranched alkanes of at least 4 members (excludes halogenated alkanes) is 1. The Kier molecular flexibility index (Phi) is 5.97. The summed E-state index contributed by atoms with van der Waals surface area (Å²) >= 11 is 0. The first kappa shape index (κ1) is 9.30. The lowest BCUT2D eigenvalue weighted by Crippen LogP contribution is -1.78. The molecule has 0 nitrogen and oxygen atoms in total. The summed E-state index contributed by atoms with van der Waals surface area (Å²) in [7, 11) is 0. The third-order valence-electron chi connectivity index (χ3n) is 1.43. The normalized spacial score (nSPS) is 10.5. The fourth-order valence-corrected chi connectivity index (χ4v) is 0.807. The van der Waals surface area contributed by atoms with Crippen LogP contribution < -0.4 is 0 Å². The van der Waals surface area contributed by atoms with Crippen molar-refractivity contribution < 1.29 is 0 Å². The Hall–Kier alpha value is -0.700. The zero-order valence-corrected chi connectivity index (χ0v) is 7.20. The van der Waals surface area contributed by atoms with Crippen molar-refractivity contribution in [1.29, 1.82) is 0 Å². The fraction of sp³-hybridized carbons (Fsp3) is 0.600. The molecule has 0 aliphatic rings. The Labute approximate surface area is 64.3 Å². The molecule has 0 aliphatic heterocycles. The first-order valence-electron chi connectivity index (χ1n) is 3.93. The Bertz CT molecular complexity index is 153. The van der Waals surface area contributed by atoms with E-state index in [-0.39, 0.29) is 0 Å². The maximum atomic E-state index is 3.08. The molecule has 0 aromatic rings. The van der Waals surface area contributed by atoms with Gasteiger partial charge in [0.15, 0.2) is 0 Å². The zero-order chi connectivity index (χ0) is 7.82. The maximum absolute atomic E-state index is 3.08. The number of rotatable bonds is 3. The van der Waals surface area contributed by atoms with Gasteiger partial charge in [-0.05, 0) is 32.3 Å². The predicted octanol–water partition coefficient (Wildman–Crippen LogP) is 3.15. The average molecular weight is 136 g/mol. The molecule has 0 unspecified atom stereocenters. The summed E-state index contributed by atoms with van der Waals surface area (Å²) in [6.07, 6.45) is 5.76. The Balaban J connectivity index is 3.70. The van der Waals surface area contributed by atoms with E-state index in [1.807, 2.05) is 6.92 Å². The van der Waals surface area contributed by atoms with Crippen LogP contribution in [-0.2, 0) is 0 Å². The average Bonchev–Trinajstić information content (AvgIpc) is 1.98. The molecule has 0 heteroatoms. The minimum absolute atomic E-state index is 1.15. The monoisotopic (exact) mass is 136 g/mol. The van der Waals surface area contributed by atoms with Gasteiger partial charge >= 0.3 is 0 Å². The highest BCUT2D eigenvalue weighted by atomic mass is 13.9. The van der Waals surface area contributed by atoms with Gasteiger partial charge in [0.2, 0.25) is 0 Å². The Morgan fingerprint density at radius 1 is 1.50 bits per heavy atom. The van der Waals surface area contributed by atoms with E-state index in [9.17, 15) is 0 Å². The van der Waals surface area contributed by atoms with Gasteiger partial charge in [-0.3, -0.25) is 0 Å². The molecule has 56 valence electrons. The van der Waals surface area contributed by atoms with Gasteiger partial charge in [0.05, 0.1) is 0 Å². The summed E-state index contributed by atoms with van der Waals surface area (Å²) < 4.78 is 0. The van der Waals surface area contributed by atoms with Crippen molar-refractivity contribution in [1.82, 2.24) is 0 Å². The van der Waals surface area contributed by atoms with Gasteiger partial charge in [-0.15, -0.1) is 5.92 Å². The highest BCUT2D eigenvalue weighted by Gasteiger charge is 1.88. The van der Waals surface area contributed by atoms with E-state index in [2.05, 4.69) is 31.8 Å². The van der Waals surface area contributed by atoms with Crippen molar-refractivity contribution >= 4 is 0 Å². The van der Waals surface area contributed by atoms with E-state index in [0.717, 1.165) is 6.42 Å². The van der Waals surface area contributed by atoms with Gasteiger partial charge in [0.1, 0.15) is 0 Å². The van der Waals surface area contributed by atoms with Crippen molar-refractivity contribution in [3.8, 4) is 11.8 Å². The van der Waals surface area contributed by atoms with Gasteiger partial charge in [-0.2, -0.15) is 0 Å². The molecule has 0 radical (unpaired) electrons. The van der Waals surface area contributed by atoms with Gasteiger partial charge < -0.3 is 0 Å². The first-order chi connectivity index (χ1) is 4.85. The van der Waals surface area contributed by atoms with E-state index in [0.29, 0.717) is 0 Å². The molecular weight excluding hydrogens is 120 g/mol. The number of hydrogen-bond donors (Lipinski definition) is 0. The highest BCUT2D eigenvalue weighted by molar-refractivity contribution is 5.26. The fourth-order valence-electron chi connectivity index (χ4n) is 0.807. The van der Waals surface area contributed by atoms with Crippen molar-refractivity contribution in [3.05, 3.63) is 11.6 Å². The molecule has 0 spiro atoms. The molecule has 0 aliphatic carbocycles. The van der Waals surface area contributed by atoms with E-state index >= 15 is 0 Å². The summed E-state index contributed by atoms with van der Waals surface area (Å²) in [6, 6.07) is 0. The predicted molar refractivity (Wildman–Crippen MR) is 46.7 cm³/mol. The minimum Gasteiger partial charge on any atom is -0.102 e. The number of allylic oxidation sites excluding steroid dienone is 2. The molecule has 0 aromatic heterocycles. The van der Waals surface area contributed by atoms with Crippen molar-refractivity contribution in [2.24, 2.45) is 0 Å². The highest BCUT2D eigenvalue weighted by Crippen LogP contribution is 2.04. The molecule has 0 atom stereocenters. The minimum atomic E-state index is 1.15. The lowest BCUT2D eigenvalue weighted by atomic mass is 10.1. The topological polar surface area (TPSA) is 0 Å². The van der Waals surface area contributed by atoms with Crippen LogP contribution in [0.5, 0.6) is 0 Å². The van der Waals surface area contributed by atoms with Crippen LogP contribution in [0.1, 0.15) is 40.0 Å². The molecule has 0 aromatic carbocycles. The van der Waals surface area contributed by atoms with Crippen LogP contribution in [0.15, 0.2) is 11.6 Å². The second-order valence-corrected chi connectivity index (χ2v) is 2.29. The lowest BCUT2D eigenvalue weighted by Gasteiger charge is -1.94. The van der Waals surface area contributed by atoms with Gasteiger partial charge in [0.25, 0.3) is 0 Å². The summed E-state index contributed by atoms with van der Waals surface area (Å²) in [5, 5.41) is 0. The van der Waals surface area contributed by atoms with Crippen molar-refractivity contribution in [3.63, 3.8) is 0 Å². The van der Waals surface area contributed by atoms with Crippen LogP contribution in [-0.4, -0.2) is 0 Å². The van der Waals surface area contributed by atoms with Crippen LogP contribution in [0.4, 0.5) is 0 Å². The van der Waals surface area contributed by atoms with Crippen LogP contribution >= 0.6 is 0 Å². The van der Waals surface area contributed by atoms with Crippen LogP contribution in [0.2, 0.25) is 0 Å². The number of hydrogen-bond acceptors (Lipinski definition) is 0. The summed E-state index contributed by atoms with van der Waals surface area (Å²) in [5.41, 5.74) is 1.28. The smallest absolute Gasteiger partial charge is 0.00225 e. The molecule has 0 fully saturated rings. The Morgan fingerprint density at radius 2 is 2.20 bits per heavy atom. The third-order valence-corrected chi connectivity index (χ3v) is 1.43.